The third-order valence-corrected chi connectivity index (χ3v) is 3.85. The molecule has 3 nitrogen and oxygen atoms in total. The molecule has 1 aliphatic heterocycles. The summed E-state index contributed by atoms with van der Waals surface area (Å²) in [5.41, 5.74) is 7.05. The number of hydrogen-bond donors (Lipinski definition) is 1. The fraction of sp³-hybridized carbons (Fsp3) is 0.571. The summed E-state index contributed by atoms with van der Waals surface area (Å²) < 4.78 is 0. The first-order valence-electron chi connectivity index (χ1n) is 6.51. The van der Waals surface area contributed by atoms with E-state index in [4.69, 9.17) is 17.3 Å². The SMILES string of the molecule is CC1CN(C)CC(CN)N(c2ccccc2Cl)C1. The number of benzene rings is 1. The molecule has 1 aliphatic rings. The highest BCUT2D eigenvalue weighted by Crippen LogP contribution is 2.29. The van der Waals surface area contributed by atoms with Crippen LogP contribution in [0.3, 0.4) is 0 Å². The van der Waals surface area contributed by atoms with Crippen molar-refractivity contribution in [2.24, 2.45) is 11.7 Å². The molecule has 1 aromatic carbocycles. The first-order valence-corrected chi connectivity index (χ1v) is 6.89. The number of anilines is 1. The summed E-state index contributed by atoms with van der Waals surface area (Å²) in [6.07, 6.45) is 0. The van der Waals surface area contributed by atoms with Crippen LogP contribution in [0.5, 0.6) is 0 Å². The molecular weight excluding hydrogens is 246 g/mol. The van der Waals surface area contributed by atoms with Crippen LogP contribution in [0.15, 0.2) is 24.3 Å². The van der Waals surface area contributed by atoms with Gasteiger partial charge in [-0.1, -0.05) is 30.7 Å². The second kappa shape index (κ2) is 5.91. The van der Waals surface area contributed by atoms with E-state index in [9.17, 15) is 0 Å². The molecule has 0 aromatic heterocycles. The maximum absolute atomic E-state index is 6.32. The zero-order valence-electron chi connectivity index (χ0n) is 11.1. The first kappa shape index (κ1) is 13.7. The first-order chi connectivity index (χ1) is 8.61. The summed E-state index contributed by atoms with van der Waals surface area (Å²) in [5.74, 6) is 0.614. The predicted octanol–water partition coefficient (Wildman–Crippen LogP) is 2.06. The van der Waals surface area contributed by atoms with Crippen LogP contribution in [0.25, 0.3) is 0 Å². The lowest BCUT2D eigenvalue weighted by molar-refractivity contribution is 0.304. The largest absolute Gasteiger partial charge is 0.364 e. The zero-order chi connectivity index (χ0) is 13.1. The molecule has 2 unspecified atom stereocenters. The summed E-state index contributed by atoms with van der Waals surface area (Å²) in [6, 6.07) is 8.37. The van der Waals surface area contributed by atoms with Crippen molar-refractivity contribution in [3.8, 4) is 0 Å². The minimum atomic E-state index is 0.333. The van der Waals surface area contributed by atoms with Crippen LogP contribution in [0.2, 0.25) is 5.02 Å². The van der Waals surface area contributed by atoms with Crippen molar-refractivity contribution in [3.05, 3.63) is 29.3 Å². The smallest absolute Gasteiger partial charge is 0.0639 e. The molecule has 100 valence electrons. The van der Waals surface area contributed by atoms with Gasteiger partial charge < -0.3 is 15.5 Å². The van der Waals surface area contributed by atoms with E-state index < -0.39 is 0 Å². The summed E-state index contributed by atoms with van der Waals surface area (Å²) in [4.78, 5) is 4.73. The van der Waals surface area contributed by atoms with Crippen molar-refractivity contribution in [1.82, 2.24) is 4.90 Å². The molecule has 2 rings (SSSR count). The summed E-state index contributed by atoms with van der Waals surface area (Å²) in [5, 5.41) is 0.813. The lowest BCUT2D eigenvalue weighted by atomic mass is 10.1. The Morgan fingerprint density at radius 2 is 2.00 bits per heavy atom. The molecule has 0 saturated carbocycles. The van der Waals surface area contributed by atoms with Gasteiger partial charge in [-0.3, -0.25) is 0 Å². The Balaban J connectivity index is 2.30. The highest BCUT2D eigenvalue weighted by Gasteiger charge is 2.26. The van der Waals surface area contributed by atoms with Gasteiger partial charge in [0, 0.05) is 26.2 Å². The number of nitrogens with zero attached hydrogens (tertiary/aromatic N) is 2. The number of likely N-dealkylation sites (N-methyl/N-ethyl adjacent to an activating group) is 1. The minimum Gasteiger partial charge on any atom is -0.364 e. The van der Waals surface area contributed by atoms with Gasteiger partial charge in [-0.15, -0.1) is 0 Å². The van der Waals surface area contributed by atoms with Gasteiger partial charge in [0.25, 0.3) is 0 Å². The molecule has 0 spiro atoms. The van der Waals surface area contributed by atoms with Crippen LogP contribution in [-0.2, 0) is 0 Å². The maximum atomic E-state index is 6.32. The molecule has 1 saturated heterocycles. The van der Waals surface area contributed by atoms with Crippen molar-refractivity contribution >= 4 is 17.3 Å². The van der Waals surface area contributed by atoms with Gasteiger partial charge in [-0.05, 0) is 25.1 Å². The molecule has 0 aliphatic carbocycles. The van der Waals surface area contributed by atoms with Crippen molar-refractivity contribution in [2.45, 2.75) is 13.0 Å². The summed E-state index contributed by atoms with van der Waals surface area (Å²) >= 11 is 6.32. The highest BCUT2D eigenvalue weighted by atomic mass is 35.5. The molecule has 1 heterocycles. The second-order valence-corrected chi connectivity index (χ2v) is 5.73. The molecule has 0 amide bonds. The number of halogens is 1. The molecule has 0 bridgehead atoms. The van der Waals surface area contributed by atoms with E-state index in [1.54, 1.807) is 0 Å². The van der Waals surface area contributed by atoms with E-state index in [2.05, 4.69) is 29.8 Å². The van der Waals surface area contributed by atoms with Gasteiger partial charge in [0.1, 0.15) is 0 Å². The Hall–Kier alpha value is -0.770. The van der Waals surface area contributed by atoms with E-state index in [1.165, 1.54) is 0 Å². The Kier molecular flexibility index (Phi) is 4.49. The number of para-hydroxylation sites is 1. The molecule has 1 fully saturated rings. The van der Waals surface area contributed by atoms with Gasteiger partial charge in [0.2, 0.25) is 0 Å². The van der Waals surface area contributed by atoms with E-state index in [0.717, 1.165) is 30.3 Å². The molecule has 2 N–H and O–H groups in total. The zero-order valence-corrected chi connectivity index (χ0v) is 11.9. The van der Waals surface area contributed by atoms with E-state index in [1.807, 2.05) is 18.2 Å². The molecule has 0 radical (unpaired) electrons. The van der Waals surface area contributed by atoms with Crippen LogP contribution in [-0.4, -0.2) is 44.2 Å². The Labute approximate surface area is 115 Å². The van der Waals surface area contributed by atoms with Crippen LogP contribution in [0.4, 0.5) is 5.69 Å². The monoisotopic (exact) mass is 267 g/mol. The molecule has 4 heteroatoms. The Morgan fingerprint density at radius 1 is 1.28 bits per heavy atom. The average molecular weight is 268 g/mol. The second-order valence-electron chi connectivity index (χ2n) is 5.32. The van der Waals surface area contributed by atoms with Crippen molar-refractivity contribution in [1.29, 1.82) is 0 Å². The van der Waals surface area contributed by atoms with Gasteiger partial charge in [0.05, 0.1) is 16.8 Å². The van der Waals surface area contributed by atoms with Gasteiger partial charge in [0.15, 0.2) is 0 Å². The topological polar surface area (TPSA) is 32.5 Å². The quantitative estimate of drug-likeness (QED) is 0.890. The molecule has 18 heavy (non-hydrogen) atoms. The minimum absolute atomic E-state index is 0.333. The van der Waals surface area contributed by atoms with Crippen LogP contribution in [0.1, 0.15) is 6.92 Å². The fourth-order valence-corrected chi connectivity index (χ4v) is 3.03. The summed E-state index contributed by atoms with van der Waals surface area (Å²) in [7, 11) is 2.16. The molecular formula is C14H22ClN3. The Morgan fingerprint density at radius 3 is 2.67 bits per heavy atom. The van der Waals surface area contributed by atoms with Gasteiger partial charge in [-0.25, -0.2) is 0 Å². The third-order valence-electron chi connectivity index (χ3n) is 3.53. The third kappa shape index (κ3) is 2.97. The maximum Gasteiger partial charge on any atom is 0.0639 e. The van der Waals surface area contributed by atoms with Gasteiger partial charge in [-0.2, -0.15) is 0 Å². The Bertz CT molecular complexity index is 396. The number of hydrogen-bond acceptors (Lipinski definition) is 3. The average Bonchev–Trinajstić information content (AvgIpc) is 2.48. The van der Waals surface area contributed by atoms with E-state index >= 15 is 0 Å². The molecule has 1 aromatic rings. The van der Waals surface area contributed by atoms with Gasteiger partial charge >= 0.3 is 0 Å². The summed E-state index contributed by atoms with van der Waals surface area (Å²) in [6.45, 7) is 6.04. The van der Waals surface area contributed by atoms with E-state index in [0.29, 0.717) is 18.5 Å². The number of nitrogens with two attached hydrogens (primary N) is 1. The van der Waals surface area contributed by atoms with Crippen LogP contribution >= 0.6 is 11.6 Å². The lowest BCUT2D eigenvalue weighted by Crippen LogP contribution is -2.45. The normalized spacial score (nSPS) is 26.1. The number of rotatable bonds is 2. The fourth-order valence-electron chi connectivity index (χ4n) is 2.79. The molecule has 2 atom stereocenters. The van der Waals surface area contributed by atoms with E-state index in [-0.39, 0.29) is 0 Å². The lowest BCUT2D eigenvalue weighted by Gasteiger charge is -2.33. The van der Waals surface area contributed by atoms with Crippen molar-refractivity contribution < 1.29 is 0 Å². The van der Waals surface area contributed by atoms with Crippen molar-refractivity contribution in [2.75, 3.05) is 38.1 Å². The van der Waals surface area contributed by atoms with Crippen molar-refractivity contribution in [3.63, 3.8) is 0 Å². The predicted molar refractivity (Wildman–Crippen MR) is 78.3 cm³/mol. The van der Waals surface area contributed by atoms with Crippen LogP contribution < -0.4 is 10.6 Å². The standard InChI is InChI=1S/C14H22ClN3/c1-11-8-17(2)10-12(7-16)18(9-11)14-6-4-3-5-13(14)15/h3-6,11-12H,7-10,16H2,1-2H3. The highest BCUT2D eigenvalue weighted by molar-refractivity contribution is 6.33. The van der Waals surface area contributed by atoms with Crippen LogP contribution in [0, 0.1) is 5.92 Å².